The van der Waals surface area contributed by atoms with Gasteiger partial charge in [-0.2, -0.15) is 0 Å². The van der Waals surface area contributed by atoms with Crippen molar-refractivity contribution < 1.29 is 5.11 Å². The van der Waals surface area contributed by atoms with Crippen LogP contribution in [0.3, 0.4) is 0 Å². The maximum atomic E-state index is 10.4. The largest absolute Gasteiger partial charge is 0.508 e. The first kappa shape index (κ1) is 16.7. The number of phenols is 1. The van der Waals surface area contributed by atoms with Gasteiger partial charge in [-0.05, 0) is 72.1 Å². The Morgan fingerprint density at radius 1 is 0.885 bits per heavy atom. The minimum atomic E-state index is 0.356. The molecule has 0 amide bonds. The van der Waals surface area contributed by atoms with Crippen LogP contribution in [0.5, 0.6) is 5.75 Å². The van der Waals surface area contributed by atoms with E-state index >= 15 is 0 Å². The molecule has 1 aliphatic rings. The monoisotopic (exact) mass is 341 g/mol. The Labute approximate surface area is 155 Å². The summed E-state index contributed by atoms with van der Waals surface area (Å²) in [7, 11) is 0. The molecule has 1 saturated heterocycles. The molecule has 26 heavy (non-hydrogen) atoms. The van der Waals surface area contributed by atoms with Crippen LogP contribution in [0.15, 0.2) is 60.7 Å². The van der Waals surface area contributed by atoms with Crippen LogP contribution in [-0.4, -0.2) is 29.6 Å². The third kappa shape index (κ3) is 3.90. The van der Waals surface area contributed by atoms with Crippen molar-refractivity contribution in [3.63, 3.8) is 0 Å². The maximum absolute atomic E-state index is 10.4. The number of phenolic OH excluding ortho intramolecular Hbond substituents is 1. The highest BCUT2D eigenvalue weighted by Crippen LogP contribution is 2.27. The lowest BCUT2D eigenvalue weighted by Gasteiger charge is -2.09. The van der Waals surface area contributed by atoms with Gasteiger partial charge in [-0.15, -0.1) is 0 Å². The number of rotatable bonds is 3. The zero-order valence-corrected chi connectivity index (χ0v) is 14.9. The molecule has 0 radical (unpaired) electrons. The van der Waals surface area contributed by atoms with E-state index in [2.05, 4.69) is 41.0 Å². The van der Waals surface area contributed by atoms with Crippen LogP contribution in [-0.2, 0) is 6.42 Å². The molecule has 0 unspecified atom stereocenters. The van der Waals surface area contributed by atoms with Crippen molar-refractivity contribution >= 4 is 10.8 Å². The van der Waals surface area contributed by atoms with Crippen molar-refractivity contribution in [3.05, 3.63) is 77.4 Å². The summed E-state index contributed by atoms with van der Waals surface area (Å²) in [5, 5.41) is 12.5. The highest BCUT2D eigenvalue weighted by molar-refractivity contribution is 5.86. The summed E-state index contributed by atoms with van der Waals surface area (Å²) >= 11 is 0. The summed E-state index contributed by atoms with van der Waals surface area (Å²) in [6.45, 7) is 3.20. The topological polar surface area (TPSA) is 23.5 Å². The smallest absolute Gasteiger partial charge is 0.119 e. The third-order valence-corrected chi connectivity index (χ3v) is 5.01. The minimum Gasteiger partial charge on any atom is -0.508 e. The summed E-state index contributed by atoms with van der Waals surface area (Å²) in [5.74, 6) is 6.95. The van der Waals surface area contributed by atoms with Crippen molar-refractivity contribution in [2.45, 2.75) is 19.3 Å². The Morgan fingerprint density at radius 2 is 1.69 bits per heavy atom. The fourth-order valence-corrected chi connectivity index (χ4v) is 3.56. The van der Waals surface area contributed by atoms with Gasteiger partial charge in [0.1, 0.15) is 5.75 Å². The first-order valence-electron chi connectivity index (χ1n) is 9.29. The van der Waals surface area contributed by atoms with Crippen molar-refractivity contribution in [3.8, 4) is 17.6 Å². The number of benzene rings is 3. The van der Waals surface area contributed by atoms with Crippen LogP contribution < -0.4 is 0 Å². The molecular weight excluding hydrogens is 318 g/mol. The molecule has 1 heterocycles. The van der Waals surface area contributed by atoms with Crippen molar-refractivity contribution in [1.29, 1.82) is 0 Å². The molecule has 4 rings (SSSR count). The lowest BCUT2D eigenvalue weighted by Crippen LogP contribution is -2.18. The van der Waals surface area contributed by atoms with Gasteiger partial charge >= 0.3 is 0 Å². The first-order valence-corrected chi connectivity index (χ1v) is 9.29. The quantitative estimate of drug-likeness (QED) is 0.705. The lowest BCUT2D eigenvalue weighted by atomic mass is 9.99. The van der Waals surface area contributed by atoms with E-state index in [0.29, 0.717) is 5.75 Å². The SMILES string of the molecule is Oc1cc2ccc(C#CCN3CCCC3)cc2cc1Cc1ccccc1. The summed E-state index contributed by atoms with van der Waals surface area (Å²) in [5.41, 5.74) is 3.18. The Kier molecular flexibility index (Phi) is 4.91. The van der Waals surface area contributed by atoms with Gasteiger partial charge in [0.25, 0.3) is 0 Å². The summed E-state index contributed by atoms with van der Waals surface area (Å²) in [6, 6.07) is 20.4. The second-order valence-electron chi connectivity index (χ2n) is 6.99. The maximum Gasteiger partial charge on any atom is 0.119 e. The predicted octanol–water partition coefficient (Wildman–Crippen LogP) is 4.58. The summed E-state index contributed by atoms with van der Waals surface area (Å²) < 4.78 is 0. The Hall–Kier alpha value is -2.76. The highest BCUT2D eigenvalue weighted by atomic mass is 16.3. The Morgan fingerprint density at radius 3 is 2.50 bits per heavy atom. The van der Waals surface area contributed by atoms with E-state index in [1.807, 2.05) is 36.4 Å². The van der Waals surface area contributed by atoms with Crippen LogP contribution in [0.4, 0.5) is 0 Å². The summed E-state index contributed by atoms with van der Waals surface area (Å²) in [4.78, 5) is 2.41. The van der Waals surface area contributed by atoms with Crippen molar-refractivity contribution in [2.75, 3.05) is 19.6 Å². The number of fused-ring (bicyclic) bond motifs is 1. The molecule has 1 fully saturated rings. The molecule has 2 nitrogen and oxygen atoms in total. The van der Waals surface area contributed by atoms with Crippen molar-refractivity contribution in [1.82, 2.24) is 4.90 Å². The molecule has 0 aliphatic carbocycles. The van der Waals surface area contributed by atoms with Gasteiger partial charge in [0, 0.05) is 12.0 Å². The van der Waals surface area contributed by atoms with E-state index in [1.165, 1.54) is 31.5 Å². The number of hydrogen-bond donors (Lipinski definition) is 1. The fourth-order valence-electron chi connectivity index (χ4n) is 3.56. The van der Waals surface area contributed by atoms with Gasteiger partial charge in [-0.1, -0.05) is 48.2 Å². The molecule has 3 aromatic carbocycles. The normalized spacial score (nSPS) is 14.3. The first-order chi connectivity index (χ1) is 12.8. The number of hydrogen-bond acceptors (Lipinski definition) is 2. The van der Waals surface area contributed by atoms with E-state index in [1.54, 1.807) is 0 Å². The molecular formula is C24H23NO. The number of nitrogens with zero attached hydrogens (tertiary/aromatic N) is 1. The zero-order valence-electron chi connectivity index (χ0n) is 14.9. The third-order valence-electron chi connectivity index (χ3n) is 5.01. The van der Waals surface area contributed by atoms with E-state index < -0.39 is 0 Å². The van der Waals surface area contributed by atoms with E-state index in [9.17, 15) is 5.11 Å². The highest BCUT2D eigenvalue weighted by Gasteiger charge is 2.09. The molecule has 0 atom stereocenters. The zero-order chi connectivity index (χ0) is 17.8. The van der Waals surface area contributed by atoms with Gasteiger partial charge in [0.05, 0.1) is 6.54 Å². The second-order valence-corrected chi connectivity index (χ2v) is 6.99. The average Bonchev–Trinajstić information content (AvgIpc) is 3.17. The van der Waals surface area contributed by atoms with E-state index in [0.717, 1.165) is 34.9 Å². The van der Waals surface area contributed by atoms with E-state index in [-0.39, 0.29) is 0 Å². The molecule has 0 saturated carbocycles. The van der Waals surface area contributed by atoms with Crippen LogP contribution in [0.1, 0.15) is 29.5 Å². The Balaban J connectivity index is 1.58. The van der Waals surface area contributed by atoms with E-state index in [4.69, 9.17) is 0 Å². The van der Waals surface area contributed by atoms with Crippen LogP contribution in [0, 0.1) is 11.8 Å². The van der Waals surface area contributed by atoms with Gasteiger partial charge in [-0.25, -0.2) is 0 Å². The molecule has 1 aliphatic heterocycles. The van der Waals surface area contributed by atoms with Gasteiger partial charge in [0.15, 0.2) is 0 Å². The molecule has 2 heteroatoms. The van der Waals surface area contributed by atoms with Gasteiger partial charge in [-0.3, -0.25) is 4.90 Å². The molecule has 3 aromatic rings. The van der Waals surface area contributed by atoms with Gasteiger partial charge in [0.2, 0.25) is 0 Å². The predicted molar refractivity (Wildman–Crippen MR) is 107 cm³/mol. The average molecular weight is 341 g/mol. The second kappa shape index (κ2) is 7.64. The number of aromatic hydroxyl groups is 1. The number of likely N-dealkylation sites (tertiary alicyclic amines) is 1. The molecule has 0 aromatic heterocycles. The molecule has 1 N–H and O–H groups in total. The molecule has 0 bridgehead atoms. The van der Waals surface area contributed by atoms with Gasteiger partial charge < -0.3 is 5.11 Å². The fraction of sp³-hybridized carbons (Fsp3) is 0.250. The van der Waals surface area contributed by atoms with Crippen LogP contribution >= 0.6 is 0 Å². The minimum absolute atomic E-state index is 0.356. The van der Waals surface area contributed by atoms with Crippen molar-refractivity contribution in [2.24, 2.45) is 0 Å². The van der Waals surface area contributed by atoms with Crippen LogP contribution in [0.2, 0.25) is 0 Å². The molecule has 0 spiro atoms. The summed E-state index contributed by atoms with van der Waals surface area (Å²) in [6.07, 6.45) is 3.32. The van der Waals surface area contributed by atoms with Crippen LogP contribution in [0.25, 0.3) is 10.8 Å². The lowest BCUT2D eigenvalue weighted by molar-refractivity contribution is 0.383. The standard InChI is InChI=1S/C24H23NO/c26-24-18-21-11-10-20(9-6-14-25-12-4-5-13-25)15-22(21)17-23(24)16-19-7-2-1-3-8-19/h1-3,7-8,10-11,15,17-18,26H,4-5,12-14,16H2. The molecule has 130 valence electrons. The Bertz CT molecular complexity index is 960.